The third kappa shape index (κ3) is 2.91. The monoisotopic (exact) mass is 356 g/mol. The van der Waals surface area contributed by atoms with E-state index in [1.54, 1.807) is 19.1 Å². The molecule has 0 saturated heterocycles. The maximum absolute atomic E-state index is 12.8. The molecule has 8 nitrogen and oxygen atoms in total. The second-order valence-electron chi connectivity index (χ2n) is 6.71. The molecule has 1 saturated carbocycles. The van der Waals surface area contributed by atoms with Crippen molar-refractivity contribution in [2.45, 2.75) is 38.1 Å². The molecule has 2 amide bonds. The zero-order valence-electron chi connectivity index (χ0n) is 14.5. The van der Waals surface area contributed by atoms with E-state index in [1.807, 2.05) is 12.1 Å². The van der Waals surface area contributed by atoms with E-state index < -0.39 is 5.54 Å². The van der Waals surface area contributed by atoms with Gasteiger partial charge in [0.1, 0.15) is 17.8 Å². The summed E-state index contributed by atoms with van der Waals surface area (Å²) in [5.74, 6) is 1.09. The van der Waals surface area contributed by atoms with E-state index in [9.17, 15) is 9.59 Å². The number of amides is 2. The molecule has 0 spiro atoms. The summed E-state index contributed by atoms with van der Waals surface area (Å²) in [4.78, 5) is 30.8. The second-order valence-corrected chi connectivity index (χ2v) is 6.71. The number of para-hydroxylation sites is 2. The molecule has 1 aliphatic heterocycles. The number of carbonyl (C=O) groups is 2. The number of fused-ring (bicyclic) bond motifs is 1. The van der Waals surface area contributed by atoms with E-state index in [2.05, 4.69) is 15.5 Å². The molecule has 1 aromatic carbocycles. The maximum atomic E-state index is 12.8. The van der Waals surface area contributed by atoms with Gasteiger partial charge >= 0.3 is 0 Å². The molecule has 1 N–H and O–H groups in total. The first-order valence-corrected chi connectivity index (χ1v) is 8.71. The minimum Gasteiger partial charge on any atom is -0.482 e. The topological polar surface area (TPSA) is 97.6 Å². The quantitative estimate of drug-likeness (QED) is 0.895. The molecular formula is C18H20N4O4. The highest BCUT2D eigenvalue weighted by Gasteiger charge is 2.41. The van der Waals surface area contributed by atoms with Crippen molar-refractivity contribution >= 4 is 17.5 Å². The summed E-state index contributed by atoms with van der Waals surface area (Å²) in [6.07, 6.45) is 3.47. The van der Waals surface area contributed by atoms with Crippen molar-refractivity contribution in [1.29, 1.82) is 0 Å². The molecule has 0 bridgehead atoms. The van der Waals surface area contributed by atoms with Gasteiger partial charge in [-0.15, -0.1) is 0 Å². The largest absolute Gasteiger partial charge is 0.482 e. The Balaban J connectivity index is 1.54. The van der Waals surface area contributed by atoms with Crippen molar-refractivity contribution in [3.63, 3.8) is 0 Å². The van der Waals surface area contributed by atoms with Crippen LogP contribution in [0.3, 0.4) is 0 Å². The summed E-state index contributed by atoms with van der Waals surface area (Å²) in [5, 5.41) is 7.08. The van der Waals surface area contributed by atoms with Crippen LogP contribution < -0.4 is 15.0 Å². The normalized spacial score (nSPS) is 18.3. The number of nitrogens with zero attached hydrogens (tertiary/aromatic N) is 3. The number of aryl methyl sites for hydroxylation is 1. The molecule has 2 aliphatic rings. The number of carbonyl (C=O) groups excluding carboxylic acids is 2. The fraction of sp³-hybridized carbons (Fsp3) is 0.444. The molecular weight excluding hydrogens is 336 g/mol. The van der Waals surface area contributed by atoms with E-state index in [0.717, 1.165) is 25.7 Å². The highest BCUT2D eigenvalue weighted by atomic mass is 16.5. The maximum Gasteiger partial charge on any atom is 0.265 e. The number of benzene rings is 1. The van der Waals surface area contributed by atoms with Gasteiger partial charge in [0.05, 0.1) is 5.69 Å². The Kier molecular flexibility index (Phi) is 4.10. The van der Waals surface area contributed by atoms with Crippen LogP contribution in [0, 0.1) is 6.92 Å². The Hall–Kier alpha value is -2.90. The van der Waals surface area contributed by atoms with Gasteiger partial charge in [0, 0.05) is 6.92 Å². The first-order chi connectivity index (χ1) is 12.6. The average molecular weight is 356 g/mol. The third-order valence-corrected chi connectivity index (χ3v) is 4.90. The number of hydrogen-bond donors (Lipinski definition) is 1. The predicted molar refractivity (Wildman–Crippen MR) is 91.6 cm³/mol. The molecule has 0 unspecified atom stereocenters. The highest BCUT2D eigenvalue weighted by Crippen LogP contribution is 2.37. The first-order valence-electron chi connectivity index (χ1n) is 8.71. The van der Waals surface area contributed by atoms with Gasteiger partial charge in [-0.25, -0.2) is 0 Å². The zero-order valence-corrected chi connectivity index (χ0v) is 14.5. The smallest absolute Gasteiger partial charge is 0.265 e. The Labute approximate surface area is 150 Å². The number of ether oxygens (including phenoxy) is 1. The van der Waals surface area contributed by atoms with Crippen LogP contribution in [-0.4, -0.2) is 35.1 Å². The third-order valence-electron chi connectivity index (χ3n) is 4.90. The number of anilines is 1. The van der Waals surface area contributed by atoms with Gasteiger partial charge in [0.15, 0.2) is 12.4 Å². The lowest BCUT2D eigenvalue weighted by Crippen LogP contribution is -2.51. The summed E-state index contributed by atoms with van der Waals surface area (Å²) < 4.78 is 10.5. The highest BCUT2D eigenvalue weighted by molar-refractivity contribution is 6.02. The Morgan fingerprint density at radius 1 is 1.31 bits per heavy atom. The van der Waals surface area contributed by atoms with Crippen LogP contribution in [0.4, 0.5) is 5.69 Å². The van der Waals surface area contributed by atoms with E-state index in [-0.39, 0.29) is 25.0 Å². The van der Waals surface area contributed by atoms with Gasteiger partial charge < -0.3 is 14.6 Å². The van der Waals surface area contributed by atoms with Crippen LogP contribution in [0.1, 0.15) is 37.4 Å². The molecule has 26 heavy (non-hydrogen) atoms. The van der Waals surface area contributed by atoms with Crippen LogP contribution in [0.15, 0.2) is 28.8 Å². The van der Waals surface area contributed by atoms with Crippen LogP contribution in [0.25, 0.3) is 0 Å². The summed E-state index contributed by atoms with van der Waals surface area (Å²) in [5.41, 5.74) is -0.0151. The minimum atomic E-state index is -0.621. The van der Waals surface area contributed by atoms with Gasteiger partial charge in [0.2, 0.25) is 11.8 Å². The predicted octanol–water partition coefficient (Wildman–Crippen LogP) is 1.69. The van der Waals surface area contributed by atoms with Crippen molar-refractivity contribution < 1.29 is 18.8 Å². The Morgan fingerprint density at radius 3 is 2.81 bits per heavy atom. The van der Waals surface area contributed by atoms with Crippen molar-refractivity contribution in [3.05, 3.63) is 36.0 Å². The van der Waals surface area contributed by atoms with Gasteiger partial charge in [-0.1, -0.05) is 30.1 Å². The van der Waals surface area contributed by atoms with E-state index in [4.69, 9.17) is 9.26 Å². The van der Waals surface area contributed by atoms with Crippen molar-refractivity contribution in [2.75, 3.05) is 18.1 Å². The van der Waals surface area contributed by atoms with Crippen molar-refractivity contribution in [2.24, 2.45) is 0 Å². The number of aromatic nitrogens is 2. The molecule has 136 valence electrons. The van der Waals surface area contributed by atoms with Gasteiger partial charge in [0.25, 0.3) is 5.91 Å². The molecule has 0 atom stereocenters. The van der Waals surface area contributed by atoms with Gasteiger partial charge in [-0.05, 0) is 25.0 Å². The molecule has 8 heteroatoms. The second kappa shape index (κ2) is 6.44. The number of hydrogen-bond acceptors (Lipinski definition) is 6. The summed E-state index contributed by atoms with van der Waals surface area (Å²) >= 11 is 0. The fourth-order valence-corrected chi connectivity index (χ4v) is 3.65. The van der Waals surface area contributed by atoms with Crippen molar-refractivity contribution in [3.8, 4) is 5.75 Å². The molecule has 1 aromatic heterocycles. The fourth-order valence-electron chi connectivity index (χ4n) is 3.65. The van der Waals surface area contributed by atoms with Crippen LogP contribution in [-0.2, 0) is 15.1 Å². The van der Waals surface area contributed by atoms with E-state index in [0.29, 0.717) is 23.2 Å². The lowest BCUT2D eigenvalue weighted by molar-refractivity contribution is -0.126. The lowest BCUT2D eigenvalue weighted by Gasteiger charge is -2.31. The lowest BCUT2D eigenvalue weighted by atomic mass is 9.96. The summed E-state index contributed by atoms with van der Waals surface area (Å²) in [6, 6.07) is 7.20. The average Bonchev–Trinajstić information content (AvgIpc) is 3.27. The van der Waals surface area contributed by atoms with E-state index >= 15 is 0 Å². The molecule has 2 aromatic rings. The number of rotatable bonds is 4. The van der Waals surface area contributed by atoms with E-state index in [1.165, 1.54) is 4.90 Å². The first kappa shape index (κ1) is 16.6. The SMILES string of the molecule is Cc1nc(C2(NC(=O)CN3C(=O)COc4ccccc43)CCCC2)no1. The molecule has 1 aliphatic carbocycles. The Bertz CT molecular complexity index is 841. The molecule has 1 fully saturated rings. The van der Waals surface area contributed by atoms with Crippen LogP contribution in [0.2, 0.25) is 0 Å². The molecule has 4 rings (SSSR count). The molecule has 2 heterocycles. The van der Waals surface area contributed by atoms with Gasteiger partial charge in [-0.2, -0.15) is 4.98 Å². The van der Waals surface area contributed by atoms with Crippen LogP contribution in [0.5, 0.6) is 5.75 Å². The standard InChI is InChI=1S/C18H20N4O4/c1-12-19-17(21-26-12)18(8-4-5-9-18)20-15(23)10-22-13-6-2-3-7-14(13)25-11-16(22)24/h2-3,6-7H,4-5,8-11H2,1H3,(H,20,23). The van der Waals surface area contributed by atoms with Crippen molar-refractivity contribution in [1.82, 2.24) is 15.5 Å². The molecule has 0 radical (unpaired) electrons. The summed E-state index contributed by atoms with van der Waals surface area (Å²) in [7, 11) is 0. The van der Waals surface area contributed by atoms with Crippen LogP contribution >= 0.6 is 0 Å². The minimum absolute atomic E-state index is 0.0700. The summed E-state index contributed by atoms with van der Waals surface area (Å²) in [6.45, 7) is 1.58. The number of nitrogens with one attached hydrogen (secondary N) is 1. The Morgan fingerprint density at radius 2 is 2.08 bits per heavy atom. The zero-order chi connectivity index (χ0) is 18.1. The van der Waals surface area contributed by atoms with Gasteiger partial charge in [-0.3, -0.25) is 14.5 Å².